The van der Waals surface area contributed by atoms with E-state index in [2.05, 4.69) is 4.74 Å². The number of para-hydroxylation sites is 1. The number of rotatable bonds is 6. The van der Waals surface area contributed by atoms with E-state index in [1.165, 1.54) is 13.2 Å². The molecule has 120 valence electrons. The average Bonchev–Trinajstić information content (AvgIpc) is 2.60. The van der Waals surface area contributed by atoms with Crippen LogP contribution in [0.4, 0.5) is 0 Å². The van der Waals surface area contributed by atoms with E-state index in [0.29, 0.717) is 17.9 Å². The molecule has 0 fully saturated rings. The van der Waals surface area contributed by atoms with Gasteiger partial charge in [0.05, 0.1) is 19.3 Å². The fourth-order valence-corrected chi connectivity index (χ4v) is 1.90. The summed E-state index contributed by atoms with van der Waals surface area (Å²) in [5.41, 5.74) is 0.569. The summed E-state index contributed by atoms with van der Waals surface area (Å²) >= 11 is 0. The van der Waals surface area contributed by atoms with Crippen molar-refractivity contribution in [1.82, 2.24) is 0 Å². The number of carbonyl (C=O) groups excluding carboxylic acids is 2. The average molecular weight is 314 g/mol. The normalized spacial score (nSPS) is 10.0. The first-order valence-electron chi connectivity index (χ1n) is 7.28. The number of methoxy groups -OCH3 is 1. The summed E-state index contributed by atoms with van der Waals surface area (Å²) in [5, 5.41) is 0. The van der Waals surface area contributed by atoms with E-state index in [9.17, 15) is 9.59 Å². The van der Waals surface area contributed by atoms with Gasteiger partial charge in [-0.3, -0.25) is 0 Å². The van der Waals surface area contributed by atoms with Crippen LogP contribution in [0.25, 0.3) is 0 Å². The van der Waals surface area contributed by atoms with Crippen LogP contribution in [0.1, 0.15) is 34.1 Å². The van der Waals surface area contributed by atoms with Gasteiger partial charge < -0.3 is 14.2 Å². The van der Waals surface area contributed by atoms with Crippen LogP contribution in [-0.2, 0) is 4.74 Å². The minimum absolute atomic E-state index is 0.163. The molecule has 0 radical (unpaired) electrons. The molecule has 0 atom stereocenters. The summed E-state index contributed by atoms with van der Waals surface area (Å²) in [4.78, 5) is 23.9. The molecule has 0 saturated carbocycles. The highest BCUT2D eigenvalue weighted by atomic mass is 16.5. The van der Waals surface area contributed by atoms with Crippen molar-refractivity contribution >= 4 is 11.9 Å². The Morgan fingerprint density at radius 1 is 0.957 bits per heavy atom. The summed E-state index contributed by atoms with van der Waals surface area (Å²) in [6.07, 6.45) is 0.911. The second-order valence-electron chi connectivity index (χ2n) is 4.75. The van der Waals surface area contributed by atoms with Gasteiger partial charge in [0.25, 0.3) is 0 Å². The van der Waals surface area contributed by atoms with Crippen LogP contribution < -0.4 is 9.47 Å². The molecule has 0 saturated heterocycles. The number of esters is 2. The summed E-state index contributed by atoms with van der Waals surface area (Å²) in [6.45, 7) is 2.64. The van der Waals surface area contributed by atoms with E-state index in [4.69, 9.17) is 9.47 Å². The van der Waals surface area contributed by atoms with E-state index in [-0.39, 0.29) is 11.3 Å². The van der Waals surface area contributed by atoms with Crippen LogP contribution in [0.3, 0.4) is 0 Å². The standard InChI is InChI=1S/C18H18O5/c1-3-12-22-14-10-8-13(9-11-14)17(19)23-16-7-5-4-6-15(16)18(20)21-2/h4-11H,3,12H2,1-2H3. The highest BCUT2D eigenvalue weighted by molar-refractivity contribution is 5.96. The maximum atomic E-state index is 12.2. The molecule has 0 amide bonds. The van der Waals surface area contributed by atoms with Gasteiger partial charge in [-0.1, -0.05) is 19.1 Å². The number of carbonyl (C=O) groups is 2. The van der Waals surface area contributed by atoms with Gasteiger partial charge in [0, 0.05) is 0 Å². The molecule has 2 aromatic carbocycles. The van der Waals surface area contributed by atoms with Crippen molar-refractivity contribution in [2.45, 2.75) is 13.3 Å². The van der Waals surface area contributed by atoms with Gasteiger partial charge >= 0.3 is 11.9 Å². The molecule has 5 nitrogen and oxygen atoms in total. The monoisotopic (exact) mass is 314 g/mol. The van der Waals surface area contributed by atoms with Crippen LogP contribution >= 0.6 is 0 Å². The van der Waals surface area contributed by atoms with Crippen LogP contribution in [0.5, 0.6) is 11.5 Å². The Morgan fingerprint density at radius 2 is 1.65 bits per heavy atom. The Bertz CT molecular complexity index is 676. The zero-order valence-corrected chi connectivity index (χ0v) is 13.1. The van der Waals surface area contributed by atoms with Gasteiger partial charge in [-0.15, -0.1) is 0 Å². The fourth-order valence-electron chi connectivity index (χ4n) is 1.90. The summed E-state index contributed by atoms with van der Waals surface area (Å²) in [7, 11) is 1.27. The molecule has 0 aromatic heterocycles. The summed E-state index contributed by atoms with van der Waals surface area (Å²) in [5.74, 6) is -0.255. The molecule has 0 aliphatic heterocycles. The maximum absolute atomic E-state index is 12.2. The van der Waals surface area contributed by atoms with Crippen LogP contribution in [0.15, 0.2) is 48.5 Å². The van der Waals surface area contributed by atoms with Crippen molar-refractivity contribution < 1.29 is 23.8 Å². The minimum atomic E-state index is -0.559. The van der Waals surface area contributed by atoms with Crippen LogP contribution in [0.2, 0.25) is 0 Å². The molecular formula is C18H18O5. The molecule has 0 aliphatic rings. The molecule has 0 N–H and O–H groups in total. The van der Waals surface area contributed by atoms with Gasteiger partial charge in [0.1, 0.15) is 17.1 Å². The van der Waals surface area contributed by atoms with Crippen LogP contribution in [0, 0.1) is 0 Å². The summed E-state index contributed by atoms with van der Waals surface area (Å²) in [6, 6.07) is 13.1. The zero-order valence-electron chi connectivity index (χ0n) is 13.1. The molecular weight excluding hydrogens is 296 g/mol. The summed E-state index contributed by atoms with van der Waals surface area (Å²) < 4.78 is 15.4. The highest BCUT2D eigenvalue weighted by Crippen LogP contribution is 2.21. The molecule has 5 heteroatoms. The van der Waals surface area contributed by atoms with Crippen LogP contribution in [-0.4, -0.2) is 25.7 Å². The number of hydrogen-bond donors (Lipinski definition) is 0. The van der Waals surface area contributed by atoms with Crippen molar-refractivity contribution in [2.24, 2.45) is 0 Å². The molecule has 0 heterocycles. The number of benzene rings is 2. The first kappa shape index (κ1) is 16.5. The third-order valence-corrected chi connectivity index (χ3v) is 3.06. The van der Waals surface area contributed by atoms with Gasteiger partial charge in [-0.25, -0.2) is 9.59 Å². The molecule has 2 rings (SSSR count). The molecule has 0 aliphatic carbocycles. The Kier molecular flexibility index (Phi) is 5.74. The van der Waals surface area contributed by atoms with E-state index in [1.54, 1.807) is 42.5 Å². The lowest BCUT2D eigenvalue weighted by Crippen LogP contribution is -2.12. The molecule has 2 aromatic rings. The van der Waals surface area contributed by atoms with Gasteiger partial charge in [0.15, 0.2) is 0 Å². The Hall–Kier alpha value is -2.82. The smallest absolute Gasteiger partial charge is 0.343 e. The van der Waals surface area contributed by atoms with Crippen molar-refractivity contribution in [1.29, 1.82) is 0 Å². The van der Waals surface area contributed by atoms with E-state index >= 15 is 0 Å². The van der Waals surface area contributed by atoms with Gasteiger partial charge in [-0.05, 0) is 42.8 Å². The van der Waals surface area contributed by atoms with Gasteiger partial charge in [-0.2, -0.15) is 0 Å². The predicted octanol–water partition coefficient (Wildman–Crippen LogP) is 3.48. The quantitative estimate of drug-likeness (QED) is 0.603. The maximum Gasteiger partial charge on any atom is 0.343 e. The Morgan fingerprint density at radius 3 is 2.30 bits per heavy atom. The Balaban J connectivity index is 2.12. The van der Waals surface area contributed by atoms with Crippen molar-refractivity contribution in [3.63, 3.8) is 0 Å². The largest absolute Gasteiger partial charge is 0.494 e. The fraction of sp³-hybridized carbons (Fsp3) is 0.222. The lowest BCUT2D eigenvalue weighted by Gasteiger charge is -2.09. The predicted molar refractivity (Wildman–Crippen MR) is 85.0 cm³/mol. The third-order valence-electron chi connectivity index (χ3n) is 3.06. The molecule has 0 bridgehead atoms. The first-order valence-corrected chi connectivity index (χ1v) is 7.28. The van der Waals surface area contributed by atoms with E-state index in [1.807, 2.05) is 6.92 Å². The molecule has 0 spiro atoms. The molecule has 0 unspecified atom stereocenters. The third kappa shape index (κ3) is 4.32. The van der Waals surface area contributed by atoms with Crippen molar-refractivity contribution in [3.8, 4) is 11.5 Å². The zero-order chi connectivity index (χ0) is 16.7. The van der Waals surface area contributed by atoms with E-state index in [0.717, 1.165) is 6.42 Å². The SMILES string of the molecule is CCCOc1ccc(C(=O)Oc2ccccc2C(=O)OC)cc1. The first-order chi connectivity index (χ1) is 11.2. The minimum Gasteiger partial charge on any atom is -0.494 e. The topological polar surface area (TPSA) is 61.8 Å². The Labute approximate surface area is 134 Å². The number of hydrogen-bond acceptors (Lipinski definition) is 5. The second-order valence-corrected chi connectivity index (χ2v) is 4.75. The van der Waals surface area contributed by atoms with Crippen molar-refractivity contribution in [2.75, 3.05) is 13.7 Å². The number of ether oxygens (including phenoxy) is 3. The highest BCUT2D eigenvalue weighted by Gasteiger charge is 2.16. The van der Waals surface area contributed by atoms with Crippen molar-refractivity contribution in [3.05, 3.63) is 59.7 Å². The lowest BCUT2D eigenvalue weighted by molar-refractivity contribution is 0.0593. The lowest BCUT2D eigenvalue weighted by atomic mass is 10.2. The molecule has 23 heavy (non-hydrogen) atoms. The van der Waals surface area contributed by atoms with Gasteiger partial charge in [0.2, 0.25) is 0 Å². The van der Waals surface area contributed by atoms with E-state index < -0.39 is 11.9 Å². The second kappa shape index (κ2) is 7.98.